The molecule has 0 radical (unpaired) electrons. The maximum Gasteiger partial charge on any atom is 0.191 e. The number of aromatic nitrogens is 4. The first-order chi connectivity index (χ1) is 14.1. The van der Waals surface area contributed by atoms with Crippen LogP contribution in [0.1, 0.15) is 51.2 Å². The Kier molecular flexibility index (Phi) is 6.06. The van der Waals surface area contributed by atoms with E-state index in [1.165, 1.54) is 29.5 Å². The van der Waals surface area contributed by atoms with E-state index in [-0.39, 0.29) is 5.78 Å². The van der Waals surface area contributed by atoms with Gasteiger partial charge in [-0.15, -0.1) is 28.1 Å². The van der Waals surface area contributed by atoms with Crippen molar-refractivity contribution in [2.75, 3.05) is 5.75 Å². The van der Waals surface area contributed by atoms with Crippen molar-refractivity contribution in [1.29, 1.82) is 0 Å². The molecule has 1 aliphatic carbocycles. The van der Waals surface area contributed by atoms with Gasteiger partial charge in [0.15, 0.2) is 10.9 Å². The number of allylic oxidation sites excluding steroid dienone is 1. The Labute approximate surface area is 179 Å². The number of carbonyl (C=O) groups excluding carboxylic acids is 1. The van der Waals surface area contributed by atoms with Crippen LogP contribution < -0.4 is 0 Å². The normalized spacial score (nSPS) is 13.7. The van der Waals surface area contributed by atoms with Gasteiger partial charge in [-0.25, -0.2) is 0 Å². The second-order valence-corrected chi connectivity index (χ2v) is 9.47. The Bertz CT molecular complexity index is 1010. The molecular weight excluding hydrogens is 400 g/mol. The third kappa shape index (κ3) is 4.41. The van der Waals surface area contributed by atoms with Crippen molar-refractivity contribution >= 4 is 28.9 Å². The van der Waals surface area contributed by atoms with Gasteiger partial charge in [0.1, 0.15) is 5.82 Å². The zero-order valence-electron chi connectivity index (χ0n) is 16.9. The quantitative estimate of drug-likeness (QED) is 0.259. The zero-order valence-corrected chi connectivity index (χ0v) is 18.6. The van der Waals surface area contributed by atoms with Gasteiger partial charge in [0.05, 0.1) is 5.75 Å². The molecule has 152 valence electrons. The van der Waals surface area contributed by atoms with E-state index in [4.69, 9.17) is 0 Å². The summed E-state index contributed by atoms with van der Waals surface area (Å²) in [4.78, 5) is 14.3. The van der Waals surface area contributed by atoms with Crippen LogP contribution in [0.3, 0.4) is 0 Å². The SMILES string of the molecule is C=CCn1c(SCC(=O)c2cc(C)n(CCc3cccs3)c2C)nnc1C1CC1. The highest BCUT2D eigenvalue weighted by Crippen LogP contribution is 2.40. The molecule has 0 saturated heterocycles. The fraction of sp³-hybridized carbons (Fsp3) is 0.409. The maximum absolute atomic E-state index is 12.9. The minimum absolute atomic E-state index is 0.145. The third-order valence-corrected chi connectivity index (χ3v) is 7.27. The molecule has 3 aromatic rings. The van der Waals surface area contributed by atoms with Crippen LogP contribution in [0.4, 0.5) is 0 Å². The molecule has 0 amide bonds. The Morgan fingerprint density at radius 2 is 2.17 bits per heavy atom. The van der Waals surface area contributed by atoms with Gasteiger partial charge < -0.3 is 9.13 Å². The van der Waals surface area contributed by atoms with Crippen LogP contribution in [-0.2, 0) is 19.5 Å². The molecule has 0 unspecified atom stereocenters. The molecule has 3 aromatic heterocycles. The molecule has 7 heteroatoms. The highest BCUT2D eigenvalue weighted by Gasteiger charge is 2.30. The molecule has 0 spiro atoms. The van der Waals surface area contributed by atoms with Crippen molar-refractivity contribution in [1.82, 2.24) is 19.3 Å². The number of rotatable bonds is 10. The average molecular weight is 427 g/mol. The summed E-state index contributed by atoms with van der Waals surface area (Å²) in [6, 6.07) is 6.27. The molecule has 1 aliphatic rings. The van der Waals surface area contributed by atoms with Gasteiger partial charge in [-0.1, -0.05) is 23.9 Å². The van der Waals surface area contributed by atoms with Crippen molar-refractivity contribution in [2.45, 2.75) is 57.3 Å². The van der Waals surface area contributed by atoms with Crippen molar-refractivity contribution in [2.24, 2.45) is 0 Å². The molecule has 0 aliphatic heterocycles. The lowest BCUT2D eigenvalue weighted by atomic mass is 10.2. The number of thioether (sulfide) groups is 1. The minimum atomic E-state index is 0.145. The summed E-state index contributed by atoms with van der Waals surface area (Å²) in [7, 11) is 0. The molecule has 0 N–H and O–H groups in total. The number of carbonyl (C=O) groups is 1. The van der Waals surface area contributed by atoms with Gasteiger partial charge in [0.2, 0.25) is 0 Å². The first kappa shape index (κ1) is 20.2. The molecule has 0 atom stereocenters. The van der Waals surface area contributed by atoms with Crippen LogP contribution >= 0.6 is 23.1 Å². The Morgan fingerprint density at radius 1 is 1.34 bits per heavy atom. The van der Waals surface area contributed by atoms with Gasteiger partial charge in [0, 0.05) is 40.8 Å². The van der Waals surface area contributed by atoms with E-state index in [1.807, 2.05) is 19.1 Å². The number of hydrogen-bond acceptors (Lipinski definition) is 5. The Hall–Kier alpha value is -2.12. The van der Waals surface area contributed by atoms with E-state index in [9.17, 15) is 4.79 Å². The van der Waals surface area contributed by atoms with Gasteiger partial charge in [-0.3, -0.25) is 4.79 Å². The summed E-state index contributed by atoms with van der Waals surface area (Å²) in [6.45, 7) is 9.56. The van der Waals surface area contributed by atoms with Gasteiger partial charge in [-0.2, -0.15) is 0 Å². The van der Waals surface area contributed by atoms with E-state index in [0.717, 1.165) is 40.9 Å². The first-order valence-corrected chi connectivity index (χ1v) is 11.8. The van der Waals surface area contributed by atoms with Crippen LogP contribution in [0.5, 0.6) is 0 Å². The van der Waals surface area contributed by atoms with E-state index >= 15 is 0 Å². The van der Waals surface area contributed by atoms with Gasteiger partial charge in [0.25, 0.3) is 0 Å². The van der Waals surface area contributed by atoms with E-state index in [1.54, 1.807) is 11.3 Å². The van der Waals surface area contributed by atoms with E-state index < -0.39 is 0 Å². The van der Waals surface area contributed by atoms with Crippen molar-refractivity contribution in [3.8, 4) is 0 Å². The number of Topliss-reactive ketones (excluding diaryl/α,β-unsaturated/α-hetero) is 1. The smallest absolute Gasteiger partial charge is 0.191 e. The number of ketones is 1. The summed E-state index contributed by atoms with van der Waals surface area (Å²) >= 11 is 3.26. The summed E-state index contributed by atoms with van der Waals surface area (Å²) in [6.07, 6.45) is 5.21. The maximum atomic E-state index is 12.9. The number of hydrogen-bond donors (Lipinski definition) is 0. The summed E-state index contributed by atoms with van der Waals surface area (Å²) in [5.74, 6) is 2.07. The molecule has 1 fully saturated rings. The molecule has 4 rings (SSSR count). The second-order valence-electron chi connectivity index (χ2n) is 7.49. The number of nitrogens with zero attached hydrogens (tertiary/aromatic N) is 4. The highest BCUT2D eigenvalue weighted by atomic mass is 32.2. The van der Waals surface area contributed by atoms with Crippen LogP contribution in [0.2, 0.25) is 0 Å². The van der Waals surface area contributed by atoms with Gasteiger partial charge in [-0.05, 0) is 50.6 Å². The lowest BCUT2D eigenvalue weighted by Gasteiger charge is -2.09. The Morgan fingerprint density at radius 3 is 2.86 bits per heavy atom. The lowest BCUT2D eigenvalue weighted by Crippen LogP contribution is -2.09. The largest absolute Gasteiger partial charge is 0.348 e. The molecule has 29 heavy (non-hydrogen) atoms. The van der Waals surface area contributed by atoms with E-state index in [0.29, 0.717) is 18.2 Å². The summed E-state index contributed by atoms with van der Waals surface area (Å²) < 4.78 is 4.36. The monoisotopic (exact) mass is 426 g/mol. The fourth-order valence-corrected chi connectivity index (χ4v) is 5.20. The molecule has 0 bridgehead atoms. The van der Waals surface area contributed by atoms with Crippen molar-refractivity contribution in [3.05, 3.63) is 63.9 Å². The average Bonchev–Trinajstić information content (AvgIpc) is 3.14. The van der Waals surface area contributed by atoms with Gasteiger partial charge >= 0.3 is 0 Å². The third-order valence-electron chi connectivity index (χ3n) is 5.37. The summed E-state index contributed by atoms with van der Waals surface area (Å²) in [5.41, 5.74) is 3.01. The topological polar surface area (TPSA) is 52.7 Å². The van der Waals surface area contributed by atoms with Crippen LogP contribution in [0.15, 0.2) is 41.4 Å². The fourth-order valence-electron chi connectivity index (χ4n) is 3.66. The van der Waals surface area contributed by atoms with Crippen molar-refractivity contribution in [3.63, 3.8) is 0 Å². The second kappa shape index (κ2) is 8.71. The summed E-state index contributed by atoms with van der Waals surface area (Å²) in [5, 5.41) is 11.6. The predicted octanol–water partition coefficient (Wildman–Crippen LogP) is 5.04. The van der Waals surface area contributed by atoms with Crippen LogP contribution in [-0.4, -0.2) is 30.9 Å². The van der Waals surface area contributed by atoms with E-state index in [2.05, 4.69) is 50.3 Å². The lowest BCUT2D eigenvalue weighted by molar-refractivity contribution is 0.102. The zero-order chi connectivity index (χ0) is 20.4. The van der Waals surface area contributed by atoms with Crippen LogP contribution in [0, 0.1) is 13.8 Å². The van der Waals surface area contributed by atoms with Crippen LogP contribution in [0.25, 0.3) is 0 Å². The predicted molar refractivity (Wildman–Crippen MR) is 119 cm³/mol. The molecule has 0 aromatic carbocycles. The minimum Gasteiger partial charge on any atom is -0.348 e. The number of aryl methyl sites for hydroxylation is 2. The first-order valence-electron chi connectivity index (χ1n) is 9.97. The standard InChI is InChI=1S/C22H26N4OS2/c1-4-10-26-21(17-7-8-17)23-24-22(26)29-14-20(27)19-13-15(2)25(16(19)3)11-9-18-6-5-12-28-18/h4-6,12-13,17H,1,7-11,14H2,2-3H3. The molecule has 5 nitrogen and oxygen atoms in total. The Balaban J connectivity index is 1.44. The molecule has 1 saturated carbocycles. The van der Waals surface area contributed by atoms with Crippen molar-refractivity contribution < 1.29 is 4.79 Å². The highest BCUT2D eigenvalue weighted by molar-refractivity contribution is 7.99. The molecular formula is C22H26N4OS2. The number of thiophene rings is 1. The molecule has 3 heterocycles.